The third-order valence-electron chi connectivity index (χ3n) is 1.83. The highest BCUT2D eigenvalue weighted by Gasteiger charge is 2.05. The first-order valence-electron chi connectivity index (χ1n) is 4.21. The van der Waals surface area contributed by atoms with Gasteiger partial charge in [-0.25, -0.2) is 4.98 Å². The molecule has 0 atom stereocenters. The lowest BCUT2D eigenvalue weighted by atomic mass is 10.2. The molecule has 0 saturated heterocycles. The maximum Gasteiger partial charge on any atom is 0.215 e. The molecule has 1 aromatic heterocycles. The van der Waals surface area contributed by atoms with Crippen LogP contribution in [-0.2, 0) is 0 Å². The van der Waals surface area contributed by atoms with E-state index in [4.69, 9.17) is 0 Å². The standard InChI is InChI=1S/C10H6BrN3O/c11-8-4-2-1-3-7(8)9-5-12-14-10(6-15)13-9/h1-6H. The zero-order chi connectivity index (χ0) is 10.7. The van der Waals surface area contributed by atoms with Crippen molar-refractivity contribution in [3.05, 3.63) is 40.8 Å². The van der Waals surface area contributed by atoms with E-state index >= 15 is 0 Å². The molecule has 0 unspecified atom stereocenters. The highest BCUT2D eigenvalue weighted by Crippen LogP contribution is 2.25. The van der Waals surface area contributed by atoms with Gasteiger partial charge in [-0.1, -0.05) is 34.1 Å². The van der Waals surface area contributed by atoms with Gasteiger partial charge in [0.15, 0.2) is 6.29 Å². The summed E-state index contributed by atoms with van der Waals surface area (Å²) in [7, 11) is 0. The molecule has 15 heavy (non-hydrogen) atoms. The second-order valence-corrected chi connectivity index (χ2v) is 3.65. The Hall–Kier alpha value is -1.62. The van der Waals surface area contributed by atoms with Gasteiger partial charge in [-0.15, -0.1) is 5.10 Å². The van der Waals surface area contributed by atoms with Gasteiger partial charge in [-0.05, 0) is 6.07 Å². The van der Waals surface area contributed by atoms with Crippen molar-refractivity contribution in [3.8, 4) is 11.3 Å². The average molecular weight is 264 g/mol. The number of carbonyl (C=O) groups is 1. The van der Waals surface area contributed by atoms with Crippen LogP contribution >= 0.6 is 15.9 Å². The molecule has 4 nitrogen and oxygen atoms in total. The summed E-state index contributed by atoms with van der Waals surface area (Å²) in [5.41, 5.74) is 1.51. The summed E-state index contributed by atoms with van der Waals surface area (Å²) in [6, 6.07) is 7.59. The summed E-state index contributed by atoms with van der Waals surface area (Å²) in [6.07, 6.45) is 2.10. The third-order valence-corrected chi connectivity index (χ3v) is 2.52. The number of rotatable bonds is 2. The first-order valence-corrected chi connectivity index (χ1v) is 5.00. The molecular weight excluding hydrogens is 258 g/mol. The Balaban J connectivity index is 2.54. The quantitative estimate of drug-likeness (QED) is 0.779. The summed E-state index contributed by atoms with van der Waals surface area (Å²) >= 11 is 3.40. The smallest absolute Gasteiger partial charge is 0.215 e. The van der Waals surface area contributed by atoms with Crippen molar-refractivity contribution in [2.75, 3.05) is 0 Å². The van der Waals surface area contributed by atoms with E-state index < -0.39 is 0 Å². The fraction of sp³-hybridized carbons (Fsp3) is 0. The van der Waals surface area contributed by atoms with Crippen molar-refractivity contribution in [1.29, 1.82) is 0 Å². The Kier molecular flexibility index (Phi) is 2.82. The monoisotopic (exact) mass is 263 g/mol. The van der Waals surface area contributed by atoms with E-state index in [1.807, 2.05) is 24.3 Å². The van der Waals surface area contributed by atoms with Crippen molar-refractivity contribution < 1.29 is 4.79 Å². The molecule has 74 valence electrons. The topological polar surface area (TPSA) is 55.7 Å². The molecule has 0 aliphatic carbocycles. The molecule has 0 aliphatic heterocycles. The van der Waals surface area contributed by atoms with Crippen LogP contribution in [0.4, 0.5) is 0 Å². The van der Waals surface area contributed by atoms with Crippen LogP contribution in [0.15, 0.2) is 34.9 Å². The van der Waals surface area contributed by atoms with Crippen molar-refractivity contribution in [2.45, 2.75) is 0 Å². The minimum Gasteiger partial charge on any atom is -0.294 e. The van der Waals surface area contributed by atoms with Crippen molar-refractivity contribution in [3.63, 3.8) is 0 Å². The van der Waals surface area contributed by atoms with Crippen LogP contribution in [0.2, 0.25) is 0 Å². The van der Waals surface area contributed by atoms with E-state index in [0.717, 1.165) is 10.0 Å². The second kappa shape index (κ2) is 4.27. The van der Waals surface area contributed by atoms with Gasteiger partial charge in [0.05, 0.1) is 11.9 Å². The second-order valence-electron chi connectivity index (χ2n) is 2.80. The number of aromatic nitrogens is 3. The summed E-state index contributed by atoms with van der Waals surface area (Å²) in [6.45, 7) is 0. The molecule has 0 bridgehead atoms. The summed E-state index contributed by atoms with van der Waals surface area (Å²) in [5.74, 6) is 0.0863. The van der Waals surface area contributed by atoms with E-state index in [9.17, 15) is 4.79 Å². The molecule has 0 spiro atoms. The van der Waals surface area contributed by atoms with Gasteiger partial charge in [0.1, 0.15) is 0 Å². The number of hydrogen-bond acceptors (Lipinski definition) is 4. The first kappa shape index (κ1) is 9.92. The van der Waals surface area contributed by atoms with Gasteiger partial charge in [0.25, 0.3) is 0 Å². The maximum absolute atomic E-state index is 10.5. The molecule has 2 rings (SSSR count). The zero-order valence-corrected chi connectivity index (χ0v) is 9.18. The lowest BCUT2D eigenvalue weighted by Gasteiger charge is -2.02. The van der Waals surface area contributed by atoms with Crippen LogP contribution in [0.1, 0.15) is 10.6 Å². The first-order chi connectivity index (χ1) is 7.31. The number of carbonyl (C=O) groups excluding carboxylic acids is 1. The highest BCUT2D eigenvalue weighted by molar-refractivity contribution is 9.10. The van der Waals surface area contributed by atoms with Gasteiger partial charge in [0, 0.05) is 10.0 Å². The highest BCUT2D eigenvalue weighted by atomic mass is 79.9. The molecule has 0 N–H and O–H groups in total. The predicted octanol–water partition coefficient (Wildman–Crippen LogP) is 2.11. The molecule has 0 amide bonds. The minimum atomic E-state index is 0.0863. The van der Waals surface area contributed by atoms with Crippen LogP contribution in [0.25, 0.3) is 11.3 Å². The number of aldehydes is 1. The molecule has 0 radical (unpaired) electrons. The largest absolute Gasteiger partial charge is 0.294 e. The molecule has 1 heterocycles. The van der Waals surface area contributed by atoms with Gasteiger partial charge in [0.2, 0.25) is 5.82 Å². The predicted molar refractivity (Wildman–Crippen MR) is 58.4 cm³/mol. The van der Waals surface area contributed by atoms with E-state index in [0.29, 0.717) is 12.0 Å². The Labute approximate surface area is 94.5 Å². The molecular formula is C10H6BrN3O. The number of hydrogen-bond donors (Lipinski definition) is 0. The van der Waals surface area contributed by atoms with Crippen LogP contribution in [-0.4, -0.2) is 21.5 Å². The van der Waals surface area contributed by atoms with Gasteiger partial charge in [-0.2, -0.15) is 5.10 Å². The Morgan fingerprint density at radius 1 is 1.27 bits per heavy atom. The number of halogens is 1. The molecule has 0 saturated carbocycles. The maximum atomic E-state index is 10.5. The Bertz CT molecular complexity index is 502. The van der Waals surface area contributed by atoms with E-state index in [2.05, 4.69) is 31.1 Å². The van der Waals surface area contributed by atoms with E-state index in [-0.39, 0.29) is 5.82 Å². The lowest BCUT2D eigenvalue weighted by Crippen LogP contribution is -1.97. The summed E-state index contributed by atoms with van der Waals surface area (Å²) in [5, 5.41) is 7.28. The van der Waals surface area contributed by atoms with E-state index in [1.165, 1.54) is 6.20 Å². The summed E-state index contributed by atoms with van der Waals surface area (Å²) < 4.78 is 0.905. The van der Waals surface area contributed by atoms with Crippen LogP contribution in [0.3, 0.4) is 0 Å². The molecule has 0 fully saturated rings. The minimum absolute atomic E-state index is 0.0863. The van der Waals surface area contributed by atoms with E-state index in [1.54, 1.807) is 0 Å². The summed E-state index contributed by atoms with van der Waals surface area (Å²) in [4.78, 5) is 14.5. The molecule has 1 aromatic carbocycles. The Morgan fingerprint density at radius 3 is 2.80 bits per heavy atom. The van der Waals surface area contributed by atoms with Gasteiger partial charge >= 0.3 is 0 Å². The molecule has 0 aliphatic rings. The van der Waals surface area contributed by atoms with Gasteiger partial charge < -0.3 is 0 Å². The average Bonchev–Trinajstić information content (AvgIpc) is 2.30. The molecule has 5 heteroatoms. The Morgan fingerprint density at radius 2 is 2.07 bits per heavy atom. The fourth-order valence-corrected chi connectivity index (χ4v) is 1.65. The van der Waals surface area contributed by atoms with Crippen molar-refractivity contribution in [2.24, 2.45) is 0 Å². The number of nitrogens with zero attached hydrogens (tertiary/aromatic N) is 3. The van der Waals surface area contributed by atoms with Crippen LogP contribution in [0.5, 0.6) is 0 Å². The SMILES string of the molecule is O=Cc1nncc(-c2ccccc2Br)n1. The van der Waals surface area contributed by atoms with Crippen LogP contribution in [0, 0.1) is 0 Å². The van der Waals surface area contributed by atoms with Crippen LogP contribution < -0.4 is 0 Å². The van der Waals surface area contributed by atoms with Gasteiger partial charge in [-0.3, -0.25) is 4.79 Å². The normalized spacial score (nSPS) is 9.93. The van der Waals surface area contributed by atoms with Crippen molar-refractivity contribution in [1.82, 2.24) is 15.2 Å². The molecule has 2 aromatic rings. The fourth-order valence-electron chi connectivity index (χ4n) is 1.17. The zero-order valence-electron chi connectivity index (χ0n) is 7.59. The van der Waals surface area contributed by atoms with Crippen molar-refractivity contribution >= 4 is 22.2 Å². The number of benzene rings is 1. The lowest BCUT2D eigenvalue weighted by molar-refractivity contribution is 0.111. The third kappa shape index (κ3) is 2.07.